The average Bonchev–Trinajstić information content (AvgIpc) is 2.97. The van der Waals surface area contributed by atoms with E-state index in [0.717, 1.165) is 5.92 Å². The summed E-state index contributed by atoms with van der Waals surface area (Å²) in [5, 5.41) is 1.25. The molecule has 2 aliphatic rings. The van der Waals surface area contributed by atoms with Gasteiger partial charge in [-0.05, 0) is 0 Å². The summed E-state index contributed by atoms with van der Waals surface area (Å²) in [6.07, 6.45) is 3.80. The van der Waals surface area contributed by atoms with Gasteiger partial charge in [0.25, 0.3) is 0 Å². The minimum absolute atomic E-state index is 0.552. The zero-order valence-corrected chi connectivity index (χ0v) is 13.7. The summed E-state index contributed by atoms with van der Waals surface area (Å²) in [6, 6.07) is 20.3. The third-order valence-corrected chi connectivity index (χ3v) is 6.93. The molecular weight excluding hydrogens is 321 g/mol. The Morgan fingerprint density at radius 3 is 2.71 bits per heavy atom. The summed E-state index contributed by atoms with van der Waals surface area (Å²) < 4.78 is 1.50. The van der Waals surface area contributed by atoms with Gasteiger partial charge >= 0.3 is 132 Å². The van der Waals surface area contributed by atoms with E-state index in [4.69, 9.17) is 4.99 Å². The summed E-state index contributed by atoms with van der Waals surface area (Å²) in [5.74, 6) is 0.719. The van der Waals surface area contributed by atoms with Crippen molar-refractivity contribution >= 4 is 25.1 Å². The first-order chi connectivity index (χ1) is 10.4. The molecule has 2 aromatic carbocycles. The topological polar surface area (TPSA) is 12.4 Å². The maximum atomic E-state index is 5.10. The Kier molecular flexibility index (Phi) is 3.67. The van der Waals surface area contributed by atoms with Crippen molar-refractivity contribution in [3.05, 3.63) is 65.7 Å². The van der Waals surface area contributed by atoms with Gasteiger partial charge in [0.1, 0.15) is 0 Å². The second-order valence-corrected chi connectivity index (χ2v) is 8.21. The van der Waals surface area contributed by atoms with Crippen LogP contribution in [0.3, 0.4) is 0 Å². The first kappa shape index (κ1) is 13.3. The number of benzene rings is 2. The van der Waals surface area contributed by atoms with Gasteiger partial charge in [-0.2, -0.15) is 0 Å². The Bertz CT molecular complexity index is 662. The van der Waals surface area contributed by atoms with Gasteiger partial charge in [0.05, 0.1) is 0 Å². The van der Waals surface area contributed by atoms with Gasteiger partial charge in [-0.1, -0.05) is 0 Å². The van der Waals surface area contributed by atoms with Crippen LogP contribution < -0.4 is 4.46 Å². The summed E-state index contributed by atoms with van der Waals surface area (Å²) in [4.78, 5) is 5.10. The molecule has 21 heavy (non-hydrogen) atoms. The van der Waals surface area contributed by atoms with Crippen LogP contribution in [0.2, 0.25) is 5.32 Å². The maximum absolute atomic E-state index is 5.10. The summed E-state index contributed by atoms with van der Waals surface area (Å²) >= 11 is 0.559. The number of nitrogens with zero attached hydrogens (tertiary/aromatic N) is 1. The molecule has 4 rings (SSSR count). The fourth-order valence-electron chi connectivity index (χ4n) is 3.47. The van der Waals surface area contributed by atoms with Gasteiger partial charge in [-0.15, -0.1) is 0 Å². The average molecular weight is 340 g/mol. The third kappa shape index (κ3) is 2.71. The van der Waals surface area contributed by atoms with E-state index in [1.165, 1.54) is 45.9 Å². The molecule has 1 aliphatic heterocycles. The van der Waals surface area contributed by atoms with Crippen LogP contribution in [-0.2, 0) is 6.42 Å². The van der Waals surface area contributed by atoms with Crippen molar-refractivity contribution < 1.29 is 0 Å². The van der Waals surface area contributed by atoms with Gasteiger partial charge in [0.2, 0.25) is 0 Å². The van der Waals surface area contributed by atoms with Crippen molar-refractivity contribution in [2.24, 2.45) is 10.9 Å². The quantitative estimate of drug-likeness (QED) is 0.761. The molecule has 0 amide bonds. The first-order valence-electron chi connectivity index (χ1n) is 7.74. The SMILES string of the molecule is c1ccc([Se]CC2CC3CCc4ccccc4C3=N2)cc1. The Labute approximate surface area is 132 Å². The number of hydrogen-bond donors (Lipinski definition) is 0. The Morgan fingerprint density at radius 2 is 1.81 bits per heavy atom. The first-order valence-corrected chi connectivity index (χ1v) is 9.81. The molecule has 0 fully saturated rings. The van der Waals surface area contributed by atoms with Crippen molar-refractivity contribution in [3.63, 3.8) is 0 Å². The predicted octanol–water partition coefficient (Wildman–Crippen LogP) is 3.26. The van der Waals surface area contributed by atoms with Crippen LogP contribution in [0.1, 0.15) is 24.0 Å². The van der Waals surface area contributed by atoms with Crippen molar-refractivity contribution in [1.82, 2.24) is 0 Å². The molecule has 1 nitrogen and oxygen atoms in total. The van der Waals surface area contributed by atoms with Gasteiger partial charge < -0.3 is 0 Å². The molecule has 2 heteroatoms. The standard InChI is InChI=1S/C19H19NSe/c1-2-7-17(8-3-1)21-13-16-12-15-11-10-14-6-4-5-9-18(14)19(15)20-16/h1-9,15-16H,10-13H2. The van der Waals surface area contributed by atoms with Crippen LogP contribution in [0.4, 0.5) is 0 Å². The molecule has 2 unspecified atom stereocenters. The van der Waals surface area contributed by atoms with Crippen molar-refractivity contribution in [2.45, 2.75) is 30.6 Å². The van der Waals surface area contributed by atoms with Crippen LogP contribution in [0.15, 0.2) is 59.6 Å². The molecule has 0 N–H and O–H groups in total. The van der Waals surface area contributed by atoms with E-state index < -0.39 is 0 Å². The number of fused-ring (bicyclic) bond motifs is 3. The molecule has 1 heterocycles. The molecule has 2 atom stereocenters. The zero-order chi connectivity index (χ0) is 14.1. The number of aryl methyl sites for hydroxylation is 1. The molecule has 1 aliphatic carbocycles. The van der Waals surface area contributed by atoms with Gasteiger partial charge in [-0.3, -0.25) is 0 Å². The van der Waals surface area contributed by atoms with E-state index >= 15 is 0 Å². The second kappa shape index (κ2) is 5.79. The van der Waals surface area contributed by atoms with E-state index in [0.29, 0.717) is 21.0 Å². The number of rotatable bonds is 3. The van der Waals surface area contributed by atoms with Crippen LogP contribution in [0.5, 0.6) is 0 Å². The number of hydrogen-bond acceptors (Lipinski definition) is 1. The van der Waals surface area contributed by atoms with E-state index in [1.807, 2.05) is 0 Å². The predicted molar refractivity (Wildman–Crippen MR) is 89.8 cm³/mol. The van der Waals surface area contributed by atoms with E-state index in [2.05, 4.69) is 54.6 Å². The fraction of sp³-hybridized carbons (Fsp3) is 0.316. The van der Waals surface area contributed by atoms with Crippen LogP contribution in [0, 0.1) is 5.92 Å². The Hall–Kier alpha value is -1.37. The van der Waals surface area contributed by atoms with Crippen molar-refractivity contribution in [3.8, 4) is 0 Å². The molecular formula is C19H19NSe. The van der Waals surface area contributed by atoms with Crippen LogP contribution in [-0.4, -0.2) is 26.7 Å². The van der Waals surface area contributed by atoms with Crippen LogP contribution in [0.25, 0.3) is 0 Å². The molecule has 106 valence electrons. The van der Waals surface area contributed by atoms with Gasteiger partial charge in [0.15, 0.2) is 0 Å². The number of aliphatic imine (C=N–C) groups is 1. The van der Waals surface area contributed by atoms with Crippen molar-refractivity contribution in [2.75, 3.05) is 0 Å². The van der Waals surface area contributed by atoms with Crippen molar-refractivity contribution in [1.29, 1.82) is 0 Å². The Morgan fingerprint density at radius 1 is 1.00 bits per heavy atom. The molecule has 0 spiro atoms. The molecule has 0 radical (unpaired) electrons. The monoisotopic (exact) mass is 341 g/mol. The normalized spacial score (nSPS) is 23.3. The zero-order valence-electron chi connectivity index (χ0n) is 12.0. The van der Waals surface area contributed by atoms with E-state index in [9.17, 15) is 0 Å². The fourth-order valence-corrected chi connectivity index (χ4v) is 5.45. The molecule has 2 aromatic rings. The molecule has 0 saturated heterocycles. The van der Waals surface area contributed by atoms with Gasteiger partial charge in [0, 0.05) is 0 Å². The van der Waals surface area contributed by atoms with E-state index in [1.54, 1.807) is 0 Å². The summed E-state index contributed by atoms with van der Waals surface area (Å²) in [5.41, 5.74) is 4.34. The van der Waals surface area contributed by atoms with Crippen LogP contribution >= 0.6 is 0 Å². The summed E-state index contributed by atoms with van der Waals surface area (Å²) in [7, 11) is 0. The molecule has 0 bridgehead atoms. The Balaban J connectivity index is 1.50. The molecule has 0 aromatic heterocycles. The summed E-state index contributed by atoms with van der Waals surface area (Å²) in [6.45, 7) is 0. The second-order valence-electron chi connectivity index (χ2n) is 5.92. The minimum atomic E-state index is 0.552. The molecule has 0 saturated carbocycles. The van der Waals surface area contributed by atoms with E-state index in [-0.39, 0.29) is 0 Å². The van der Waals surface area contributed by atoms with Gasteiger partial charge in [-0.25, -0.2) is 0 Å². The third-order valence-electron chi connectivity index (χ3n) is 4.51.